The summed E-state index contributed by atoms with van der Waals surface area (Å²) in [6, 6.07) is 17.3. The van der Waals surface area contributed by atoms with Gasteiger partial charge in [-0.3, -0.25) is 0 Å². The van der Waals surface area contributed by atoms with Crippen molar-refractivity contribution in [1.82, 2.24) is 14.6 Å². The van der Waals surface area contributed by atoms with Gasteiger partial charge in [0.25, 0.3) is 0 Å². The van der Waals surface area contributed by atoms with Gasteiger partial charge in [-0.15, -0.1) is 0 Å². The van der Waals surface area contributed by atoms with Crippen LogP contribution in [0.1, 0.15) is 22.3 Å². The van der Waals surface area contributed by atoms with Crippen molar-refractivity contribution in [3.63, 3.8) is 0 Å². The molecule has 130 valence electrons. The van der Waals surface area contributed by atoms with Crippen molar-refractivity contribution in [3.8, 4) is 11.3 Å². The molecule has 0 atom stereocenters. The van der Waals surface area contributed by atoms with E-state index in [2.05, 4.69) is 74.3 Å². The average Bonchev–Trinajstić information content (AvgIpc) is 3.04. The molecule has 0 saturated heterocycles. The van der Waals surface area contributed by atoms with Crippen molar-refractivity contribution in [2.24, 2.45) is 0 Å². The first kappa shape index (κ1) is 16.9. The lowest BCUT2D eigenvalue weighted by atomic mass is 10.0. The Bertz CT molecular complexity index is 1080. The standard InChI is InChI=1S/C22H21N3S/c1-15-5-4-6-18(12-15)14-26-22-21-13-20(24-25(21)10-9-23-22)19-8-7-16(2)11-17(19)3/h4-13H,14H2,1-3H3. The van der Waals surface area contributed by atoms with Gasteiger partial charge in [0, 0.05) is 23.7 Å². The Kier molecular flexibility index (Phi) is 4.51. The fourth-order valence-electron chi connectivity index (χ4n) is 3.20. The van der Waals surface area contributed by atoms with Crippen LogP contribution in [0.25, 0.3) is 16.8 Å². The Morgan fingerprint density at radius 1 is 0.962 bits per heavy atom. The number of nitrogens with zero attached hydrogens (tertiary/aromatic N) is 3. The molecule has 0 radical (unpaired) electrons. The molecular weight excluding hydrogens is 338 g/mol. The smallest absolute Gasteiger partial charge is 0.122 e. The number of hydrogen-bond donors (Lipinski definition) is 0. The first-order valence-electron chi connectivity index (χ1n) is 8.70. The van der Waals surface area contributed by atoms with E-state index in [1.807, 2.05) is 16.9 Å². The molecule has 4 rings (SSSR count). The molecule has 0 N–H and O–H groups in total. The molecule has 2 aromatic carbocycles. The zero-order chi connectivity index (χ0) is 18.1. The van der Waals surface area contributed by atoms with E-state index in [1.165, 1.54) is 27.8 Å². The van der Waals surface area contributed by atoms with E-state index in [4.69, 9.17) is 5.10 Å². The highest BCUT2D eigenvalue weighted by Gasteiger charge is 2.11. The normalized spacial score (nSPS) is 11.2. The van der Waals surface area contributed by atoms with Crippen LogP contribution in [0.15, 0.2) is 66.0 Å². The van der Waals surface area contributed by atoms with Gasteiger partial charge in [0.2, 0.25) is 0 Å². The second kappa shape index (κ2) is 6.96. The maximum Gasteiger partial charge on any atom is 0.122 e. The van der Waals surface area contributed by atoms with E-state index in [0.29, 0.717) is 0 Å². The summed E-state index contributed by atoms with van der Waals surface area (Å²) >= 11 is 1.75. The topological polar surface area (TPSA) is 30.2 Å². The van der Waals surface area contributed by atoms with Crippen LogP contribution in [0, 0.1) is 20.8 Å². The van der Waals surface area contributed by atoms with Crippen LogP contribution in [-0.4, -0.2) is 14.6 Å². The molecule has 26 heavy (non-hydrogen) atoms. The average molecular weight is 359 g/mol. The number of thioether (sulfide) groups is 1. The van der Waals surface area contributed by atoms with Gasteiger partial charge in [0.1, 0.15) is 5.03 Å². The minimum absolute atomic E-state index is 0.901. The molecule has 0 spiro atoms. The Labute approximate surface area is 158 Å². The van der Waals surface area contributed by atoms with E-state index in [-0.39, 0.29) is 0 Å². The molecule has 0 bridgehead atoms. The maximum absolute atomic E-state index is 4.77. The van der Waals surface area contributed by atoms with Crippen molar-refractivity contribution in [2.45, 2.75) is 31.6 Å². The maximum atomic E-state index is 4.77. The first-order valence-corrected chi connectivity index (χ1v) is 9.69. The minimum atomic E-state index is 0.901. The van der Waals surface area contributed by atoms with Gasteiger partial charge >= 0.3 is 0 Å². The SMILES string of the molecule is Cc1cccc(CSc2nccn3nc(-c4ccc(C)cc4C)cc23)c1. The molecule has 2 aromatic heterocycles. The molecule has 0 amide bonds. The first-order chi connectivity index (χ1) is 12.6. The molecule has 0 unspecified atom stereocenters. The lowest BCUT2D eigenvalue weighted by Crippen LogP contribution is -1.92. The monoisotopic (exact) mass is 359 g/mol. The summed E-state index contributed by atoms with van der Waals surface area (Å²) < 4.78 is 1.93. The fraction of sp³-hybridized carbons (Fsp3) is 0.182. The zero-order valence-electron chi connectivity index (χ0n) is 15.2. The van der Waals surface area contributed by atoms with E-state index >= 15 is 0 Å². The largest absolute Gasteiger partial charge is 0.246 e. The molecule has 0 aliphatic rings. The van der Waals surface area contributed by atoms with Gasteiger partial charge in [-0.1, -0.05) is 65.4 Å². The molecule has 4 aromatic rings. The lowest BCUT2D eigenvalue weighted by Gasteiger charge is -2.04. The summed E-state index contributed by atoms with van der Waals surface area (Å²) in [6.45, 7) is 6.38. The van der Waals surface area contributed by atoms with Gasteiger partial charge in [0.15, 0.2) is 0 Å². The van der Waals surface area contributed by atoms with E-state index in [0.717, 1.165) is 22.0 Å². The predicted molar refractivity (Wildman–Crippen MR) is 109 cm³/mol. The highest BCUT2D eigenvalue weighted by Crippen LogP contribution is 2.29. The summed E-state index contributed by atoms with van der Waals surface area (Å²) in [4.78, 5) is 4.59. The van der Waals surface area contributed by atoms with E-state index < -0.39 is 0 Å². The van der Waals surface area contributed by atoms with E-state index in [9.17, 15) is 0 Å². The summed E-state index contributed by atoms with van der Waals surface area (Å²) in [7, 11) is 0. The van der Waals surface area contributed by atoms with Crippen LogP contribution in [-0.2, 0) is 5.75 Å². The number of hydrogen-bond acceptors (Lipinski definition) is 3. The van der Waals surface area contributed by atoms with Crippen molar-refractivity contribution in [3.05, 3.63) is 83.2 Å². The number of fused-ring (bicyclic) bond motifs is 1. The van der Waals surface area contributed by atoms with Crippen LogP contribution >= 0.6 is 11.8 Å². The summed E-state index contributed by atoms with van der Waals surface area (Å²) in [5, 5.41) is 5.78. The predicted octanol–water partition coefficient (Wildman–Crippen LogP) is 5.61. The Morgan fingerprint density at radius 2 is 1.81 bits per heavy atom. The van der Waals surface area contributed by atoms with Gasteiger partial charge in [0.05, 0.1) is 11.2 Å². The third-order valence-corrected chi connectivity index (χ3v) is 5.54. The molecule has 0 saturated carbocycles. The number of aromatic nitrogens is 3. The van der Waals surface area contributed by atoms with Gasteiger partial charge in [-0.05, 0) is 38.0 Å². The van der Waals surface area contributed by atoms with Crippen LogP contribution in [0.5, 0.6) is 0 Å². The van der Waals surface area contributed by atoms with Gasteiger partial charge in [-0.25, -0.2) is 9.50 Å². The second-order valence-electron chi connectivity index (χ2n) is 6.69. The molecule has 0 aliphatic carbocycles. The summed E-state index contributed by atoms with van der Waals surface area (Å²) in [5.74, 6) is 0.901. The van der Waals surface area contributed by atoms with E-state index in [1.54, 1.807) is 11.8 Å². The Hall–Kier alpha value is -2.59. The van der Waals surface area contributed by atoms with Crippen molar-refractivity contribution < 1.29 is 0 Å². The number of aryl methyl sites for hydroxylation is 3. The lowest BCUT2D eigenvalue weighted by molar-refractivity contribution is 0.920. The summed E-state index contributed by atoms with van der Waals surface area (Å²) in [5.41, 5.74) is 8.34. The Balaban J connectivity index is 1.67. The van der Waals surface area contributed by atoms with Crippen LogP contribution < -0.4 is 0 Å². The molecule has 3 nitrogen and oxygen atoms in total. The van der Waals surface area contributed by atoms with Crippen molar-refractivity contribution in [1.29, 1.82) is 0 Å². The highest BCUT2D eigenvalue weighted by atomic mass is 32.2. The quantitative estimate of drug-likeness (QED) is 0.443. The molecule has 0 aliphatic heterocycles. The van der Waals surface area contributed by atoms with Gasteiger partial charge < -0.3 is 0 Å². The molecular formula is C22H21N3S. The second-order valence-corrected chi connectivity index (χ2v) is 7.65. The third kappa shape index (κ3) is 3.37. The van der Waals surface area contributed by atoms with Crippen molar-refractivity contribution in [2.75, 3.05) is 0 Å². The summed E-state index contributed by atoms with van der Waals surface area (Å²) in [6.07, 6.45) is 3.74. The minimum Gasteiger partial charge on any atom is -0.246 e. The molecule has 2 heterocycles. The fourth-order valence-corrected chi connectivity index (χ4v) is 4.11. The molecule has 0 fully saturated rings. The van der Waals surface area contributed by atoms with Crippen LogP contribution in [0.3, 0.4) is 0 Å². The van der Waals surface area contributed by atoms with Gasteiger partial charge in [-0.2, -0.15) is 5.10 Å². The number of rotatable bonds is 4. The number of benzene rings is 2. The van der Waals surface area contributed by atoms with Crippen LogP contribution in [0.2, 0.25) is 0 Å². The molecule has 4 heteroatoms. The zero-order valence-corrected chi connectivity index (χ0v) is 16.0. The highest BCUT2D eigenvalue weighted by molar-refractivity contribution is 7.98. The third-order valence-electron chi connectivity index (χ3n) is 4.47. The van der Waals surface area contributed by atoms with Crippen molar-refractivity contribution >= 4 is 17.3 Å². The van der Waals surface area contributed by atoms with Crippen LogP contribution in [0.4, 0.5) is 0 Å². The Morgan fingerprint density at radius 3 is 2.62 bits per heavy atom.